The highest BCUT2D eigenvalue weighted by atomic mass is 16.5. The molecule has 1 aromatic rings. The number of unbranched alkanes of at least 4 members (excludes halogenated alkanes) is 1. The molecule has 1 amide bonds. The SMILES string of the molecule is CCCC[C@@H]1CN(C2CCN(C(=O)c3cnccn3)CC2)C[C@H](C(C)C)O1. The van der Waals surface area contributed by atoms with Crippen LogP contribution in [0.1, 0.15) is 63.4 Å². The Labute approximate surface area is 163 Å². The van der Waals surface area contributed by atoms with Crippen molar-refractivity contribution in [3.8, 4) is 0 Å². The van der Waals surface area contributed by atoms with Gasteiger partial charge >= 0.3 is 0 Å². The lowest BCUT2D eigenvalue weighted by molar-refractivity contribution is -0.119. The molecule has 0 bridgehead atoms. The molecule has 0 radical (unpaired) electrons. The lowest BCUT2D eigenvalue weighted by Gasteiger charge is -2.46. The van der Waals surface area contributed by atoms with Crippen LogP contribution in [-0.2, 0) is 4.74 Å². The zero-order valence-corrected chi connectivity index (χ0v) is 17.0. The second-order valence-corrected chi connectivity index (χ2v) is 8.25. The molecule has 6 nitrogen and oxygen atoms in total. The summed E-state index contributed by atoms with van der Waals surface area (Å²) >= 11 is 0. The molecule has 2 atom stereocenters. The highest BCUT2D eigenvalue weighted by Gasteiger charge is 2.35. The van der Waals surface area contributed by atoms with Crippen LogP contribution in [0, 0.1) is 5.92 Å². The van der Waals surface area contributed by atoms with Crippen molar-refractivity contribution in [2.45, 2.75) is 71.1 Å². The van der Waals surface area contributed by atoms with Crippen molar-refractivity contribution in [1.82, 2.24) is 19.8 Å². The Morgan fingerprint density at radius 2 is 2.04 bits per heavy atom. The van der Waals surface area contributed by atoms with Crippen LogP contribution in [0.5, 0.6) is 0 Å². The lowest BCUT2D eigenvalue weighted by atomic mass is 9.97. The third-order valence-electron chi connectivity index (χ3n) is 5.89. The normalized spacial score (nSPS) is 25.1. The molecule has 0 aromatic carbocycles. The first-order valence-corrected chi connectivity index (χ1v) is 10.5. The first kappa shape index (κ1) is 20.2. The van der Waals surface area contributed by atoms with Crippen molar-refractivity contribution in [3.63, 3.8) is 0 Å². The summed E-state index contributed by atoms with van der Waals surface area (Å²) in [6, 6.07) is 0.546. The van der Waals surface area contributed by atoms with E-state index in [1.54, 1.807) is 18.6 Å². The molecule has 2 fully saturated rings. The number of nitrogens with zero attached hydrogens (tertiary/aromatic N) is 4. The van der Waals surface area contributed by atoms with Crippen LogP contribution in [-0.4, -0.2) is 70.1 Å². The number of hydrogen-bond acceptors (Lipinski definition) is 5. The quantitative estimate of drug-likeness (QED) is 0.766. The fraction of sp³-hybridized carbons (Fsp3) is 0.762. The lowest BCUT2D eigenvalue weighted by Crippen LogP contribution is -2.55. The summed E-state index contributed by atoms with van der Waals surface area (Å²) in [6.45, 7) is 10.4. The number of hydrogen-bond donors (Lipinski definition) is 0. The molecule has 0 spiro atoms. The van der Waals surface area contributed by atoms with E-state index in [9.17, 15) is 4.79 Å². The molecule has 2 saturated heterocycles. The molecule has 27 heavy (non-hydrogen) atoms. The van der Waals surface area contributed by atoms with Crippen molar-refractivity contribution < 1.29 is 9.53 Å². The number of amides is 1. The second kappa shape index (κ2) is 9.60. The molecule has 3 rings (SSSR count). The van der Waals surface area contributed by atoms with Crippen molar-refractivity contribution in [2.24, 2.45) is 5.92 Å². The predicted octanol–water partition coefficient (Wildman–Crippen LogP) is 3.00. The number of piperidine rings is 1. The summed E-state index contributed by atoms with van der Waals surface area (Å²) in [5.74, 6) is 0.541. The Morgan fingerprint density at radius 3 is 2.67 bits per heavy atom. The van der Waals surface area contributed by atoms with Gasteiger partial charge < -0.3 is 9.64 Å². The number of aromatic nitrogens is 2. The van der Waals surface area contributed by atoms with Crippen molar-refractivity contribution in [3.05, 3.63) is 24.3 Å². The molecule has 2 aliphatic rings. The molecule has 6 heteroatoms. The number of rotatable bonds is 6. The molecule has 0 aliphatic carbocycles. The monoisotopic (exact) mass is 374 g/mol. The molecule has 3 heterocycles. The van der Waals surface area contributed by atoms with E-state index in [4.69, 9.17) is 4.74 Å². The molecular weight excluding hydrogens is 340 g/mol. The first-order chi connectivity index (χ1) is 13.1. The molecule has 0 saturated carbocycles. The first-order valence-electron chi connectivity index (χ1n) is 10.5. The topological polar surface area (TPSA) is 58.6 Å². The van der Waals surface area contributed by atoms with Gasteiger partial charge in [0.2, 0.25) is 0 Å². The van der Waals surface area contributed by atoms with Gasteiger partial charge in [-0.3, -0.25) is 14.7 Å². The Bertz CT molecular complexity index is 587. The number of carbonyl (C=O) groups excluding carboxylic acids is 1. The third kappa shape index (κ3) is 5.26. The zero-order chi connectivity index (χ0) is 19.2. The van der Waals surface area contributed by atoms with Crippen LogP contribution >= 0.6 is 0 Å². The molecule has 0 N–H and O–H groups in total. The maximum absolute atomic E-state index is 12.6. The summed E-state index contributed by atoms with van der Waals surface area (Å²) in [5, 5.41) is 0. The second-order valence-electron chi connectivity index (χ2n) is 8.25. The Kier molecular flexibility index (Phi) is 7.19. The van der Waals surface area contributed by atoms with Gasteiger partial charge in [-0.15, -0.1) is 0 Å². The van der Waals surface area contributed by atoms with Crippen LogP contribution in [0.4, 0.5) is 0 Å². The number of morpholine rings is 1. The minimum Gasteiger partial charge on any atom is -0.372 e. The van der Waals surface area contributed by atoms with E-state index in [0.717, 1.165) is 45.4 Å². The van der Waals surface area contributed by atoms with Crippen molar-refractivity contribution in [2.75, 3.05) is 26.2 Å². The molecule has 2 aliphatic heterocycles. The maximum atomic E-state index is 12.6. The van der Waals surface area contributed by atoms with Gasteiger partial charge in [-0.1, -0.05) is 33.6 Å². The number of carbonyl (C=O) groups is 1. The van der Waals surface area contributed by atoms with E-state index in [-0.39, 0.29) is 5.91 Å². The van der Waals surface area contributed by atoms with Crippen LogP contribution < -0.4 is 0 Å². The van der Waals surface area contributed by atoms with Crippen LogP contribution in [0.3, 0.4) is 0 Å². The summed E-state index contributed by atoms with van der Waals surface area (Å²) < 4.78 is 6.37. The highest BCUT2D eigenvalue weighted by Crippen LogP contribution is 2.26. The Balaban J connectivity index is 1.56. The van der Waals surface area contributed by atoms with E-state index in [2.05, 4.69) is 35.6 Å². The van der Waals surface area contributed by atoms with E-state index in [1.165, 1.54) is 12.8 Å². The van der Waals surface area contributed by atoms with Gasteiger partial charge in [-0.2, -0.15) is 0 Å². The maximum Gasteiger partial charge on any atom is 0.274 e. The van der Waals surface area contributed by atoms with E-state index in [1.807, 2.05) is 4.90 Å². The van der Waals surface area contributed by atoms with Crippen LogP contribution in [0.25, 0.3) is 0 Å². The minimum atomic E-state index is 0.00408. The van der Waals surface area contributed by atoms with E-state index >= 15 is 0 Å². The third-order valence-corrected chi connectivity index (χ3v) is 5.89. The van der Waals surface area contributed by atoms with Gasteiger partial charge in [0.05, 0.1) is 18.4 Å². The van der Waals surface area contributed by atoms with Crippen molar-refractivity contribution in [1.29, 1.82) is 0 Å². The van der Waals surface area contributed by atoms with E-state index in [0.29, 0.717) is 29.9 Å². The van der Waals surface area contributed by atoms with Gasteiger partial charge in [-0.25, -0.2) is 4.98 Å². The Morgan fingerprint density at radius 1 is 1.26 bits per heavy atom. The zero-order valence-electron chi connectivity index (χ0n) is 17.0. The van der Waals surface area contributed by atoms with Gasteiger partial charge in [0.25, 0.3) is 5.91 Å². The molecule has 0 unspecified atom stereocenters. The van der Waals surface area contributed by atoms with Crippen LogP contribution in [0.2, 0.25) is 0 Å². The van der Waals surface area contributed by atoms with E-state index < -0.39 is 0 Å². The largest absolute Gasteiger partial charge is 0.372 e. The summed E-state index contributed by atoms with van der Waals surface area (Å²) in [6.07, 6.45) is 11.1. The smallest absolute Gasteiger partial charge is 0.274 e. The summed E-state index contributed by atoms with van der Waals surface area (Å²) in [7, 11) is 0. The minimum absolute atomic E-state index is 0.00408. The highest BCUT2D eigenvalue weighted by molar-refractivity contribution is 5.92. The summed E-state index contributed by atoms with van der Waals surface area (Å²) in [4.78, 5) is 25.3. The molecule has 1 aromatic heterocycles. The van der Waals surface area contributed by atoms with Gasteiger partial charge in [0.1, 0.15) is 5.69 Å². The molecule has 150 valence electrons. The standard InChI is InChI=1S/C21H34N4O2/c1-4-5-6-18-14-25(15-20(27-18)16(2)3)17-7-11-24(12-8-17)21(26)19-13-22-9-10-23-19/h9-10,13,16-18,20H,4-8,11-12,14-15H2,1-3H3/t18-,20-/m1/s1. The number of likely N-dealkylation sites (tertiary alicyclic amines) is 1. The van der Waals surface area contributed by atoms with Crippen molar-refractivity contribution >= 4 is 5.91 Å². The van der Waals surface area contributed by atoms with Crippen LogP contribution in [0.15, 0.2) is 18.6 Å². The molecular formula is C21H34N4O2. The average Bonchev–Trinajstić information content (AvgIpc) is 2.72. The number of ether oxygens (including phenoxy) is 1. The fourth-order valence-corrected chi connectivity index (χ4v) is 4.16. The van der Waals surface area contributed by atoms with Gasteiger partial charge in [-0.05, 0) is 25.2 Å². The average molecular weight is 375 g/mol. The predicted molar refractivity (Wildman–Crippen MR) is 106 cm³/mol. The van der Waals surface area contributed by atoms with Gasteiger partial charge in [0.15, 0.2) is 0 Å². The van der Waals surface area contributed by atoms with Gasteiger partial charge in [0, 0.05) is 44.6 Å². The fourth-order valence-electron chi connectivity index (χ4n) is 4.16. The Hall–Kier alpha value is -1.53. The summed E-state index contributed by atoms with van der Waals surface area (Å²) in [5.41, 5.74) is 0.446.